The second kappa shape index (κ2) is 20.1. The van der Waals surface area contributed by atoms with Crippen molar-refractivity contribution in [2.75, 3.05) is 35.7 Å². The fourth-order valence-electron chi connectivity index (χ4n) is 10.2. The van der Waals surface area contributed by atoms with Gasteiger partial charge < -0.3 is 69.7 Å². The number of pyridine rings is 1. The topological polar surface area (TPSA) is 276 Å². The molecule has 5 bridgehead atoms. The molecule has 394 valence electrons. The van der Waals surface area contributed by atoms with Crippen LogP contribution in [-0.2, 0) is 23.8 Å². The van der Waals surface area contributed by atoms with E-state index in [9.17, 15) is 54.6 Å². The van der Waals surface area contributed by atoms with Gasteiger partial charge in [0, 0.05) is 98.1 Å². The van der Waals surface area contributed by atoms with Gasteiger partial charge in [0.25, 0.3) is 11.7 Å². The third-order valence-corrected chi connectivity index (χ3v) is 14.8. The monoisotopic (exact) mass is 1020 g/mol. The van der Waals surface area contributed by atoms with Crippen LogP contribution in [0, 0.1) is 36.4 Å². The van der Waals surface area contributed by atoms with E-state index in [0.717, 1.165) is 25.2 Å². The summed E-state index contributed by atoms with van der Waals surface area (Å²) < 4.78 is 41.2. The number of benzene rings is 3. The number of fused-ring (bicyclic) bond motifs is 15. The first kappa shape index (κ1) is 52.9. The van der Waals surface area contributed by atoms with Gasteiger partial charge in [-0.1, -0.05) is 45.9 Å². The molecule has 2 fully saturated rings. The summed E-state index contributed by atoms with van der Waals surface area (Å²) in [6.45, 7) is 12.5. The Morgan fingerprint density at radius 3 is 2.27 bits per heavy atom. The Morgan fingerprint density at radius 1 is 0.946 bits per heavy atom. The van der Waals surface area contributed by atoms with E-state index in [-0.39, 0.29) is 63.7 Å². The fraction of sp³-hybridized carbons (Fsp3) is 0.426. The largest absolute Gasteiger partial charge is 0.507 e. The van der Waals surface area contributed by atoms with Gasteiger partial charge in [-0.05, 0) is 50.5 Å². The number of carbonyl (C=O) groups is 4. The van der Waals surface area contributed by atoms with Gasteiger partial charge in [0.15, 0.2) is 5.75 Å². The van der Waals surface area contributed by atoms with Crippen LogP contribution in [0.5, 0.6) is 23.0 Å². The zero-order chi connectivity index (χ0) is 54.0. The van der Waals surface area contributed by atoms with Gasteiger partial charge >= 0.3 is 17.7 Å². The molecule has 0 unspecified atom stereocenters. The van der Waals surface area contributed by atoms with Crippen molar-refractivity contribution in [2.45, 2.75) is 104 Å². The van der Waals surface area contributed by atoms with Crippen molar-refractivity contribution in [3.8, 4) is 23.0 Å². The number of hydrogen-bond acceptors (Lipinski definition) is 16. The van der Waals surface area contributed by atoms with Crippen LogP contribution < -0.4 is 25.7 Å². The molecule has 1 saturated heterocycles. The van der Waals surface area contributed by atoms with Crippen molar-refractivity contribution in [1.82, 2.24) is 4.57 Å². The first-order valence-corrected chi connectivity index (χ1v) is 24.3. The van der Waals surface area contributed by atoms with Gasteiger partial charge in [0.1, 0.15) is 46.1 Å². The van der Waals surface area contributed by atoms with E-state index < -0.39 is 123 Å². The van der Waals surface area contributed by atoms with Crippen molar-refractivity contribution < 1.29 is 73.2 Å². The Bertz CT molecular complexity index is 3190. The minimum absolute atomic E-state index is 0.0173. The lowest BCUT2D eigenvalue weighted by molar-refractivity contribution is -0.160. The third kappa shape index (κ3) is 9.41. The molecule has 9 atom stereocenters. The zero-order valence-electron chi connectivity index (χ0n) is 42.4. The van der Waals surface area contributed by atoms with Crippen LogP contribution in [0.3, 0.4) is 0 Å². The molecule has 1 saturated carbocycles. The summed E-state index contributed by atoms with van der Waals surface area (Å²) in [5.74, 6) is -11.4. The number of phenolic OH excluding ortho intramolecular Hbond substituents is 3. The lowest BCUT2D eigenvalue weighted by Crippen LogP contribution is -2.46. The van der Waals surface area contributed by atoms with E-state index in [0.29, 0.717) is 11.1 Å². The molecule has 0 spiro atoms. The maximum absolute atomic E-state index is 15.8. The number of methoxy groups -OCH3 is 1. The number of rotatable bonds is 7. The van der Waals surface area contributed by atoms with Gasteiger partial charge in [0.05, 0.1) is 46.7 Å². The second-order valence-corrected chi connectivity index (χ2v) is 20.0. The molecular weight excluding hydrogens is 964 g/mol. The molecule has 8 N–H and O–H groups in total. The van der Waals surface area contributed by atoms with E-state index in [1.807, 2.05) is 0 Å². The molecule has 74 heavy (non-hydrogen) atoms. The normalized spacial score (nSPS) is 26.6. The SMILES string of the molecule is CO[C@H]1C=CO[C@@]2(C)Oc3c(C)c(O)c4c(O)c(c(NC=C5CN(c6cc7c(cc6F)c(=O)c(C(=O)O)cn7C6CC6)C5)c(O)c4c3C2=O)NC(=O)C(C)=CC=C[C@H](C)[C@H](O)[C@@H](C)[C@@H](O)[C@@H](C)[C@H](OC(C)=O)[C@@H]1C. The number of ether oxygens (including phenoxy) is 4. The number of halogens is 1. The fourth-order valence-corrected chi connectivity index (χ4v) is 10.2. The van der Waals surface area contributed by atoms with E-state index >= 15 is 4.39 Å². The van der Waals surface area contributed by atoms with Crippen molar-refractivity contribution in [2.24, 2.45) is 23.7 Å². The highest BCUT2D eigenvalue weighted by atomic mass is 19.1. The summed E-state index contributed by atoms with van der Waals surface area (Å²) in [5, 5.41) is 73.7. The number of aliphatic hydroxyl groups is 2. The lowest BCUT2D eigenvalue weighted by atomic mass is 9.78. The highest BCUT2D eigenvalue weighted by Crippen LogP contribution is 2.57. The molecule has 9 rings (SSSR count). The van der Waals surface area contributed by atoms with Crippen LogP contribution in [0.2, 0.25) is 0 Å². The molecule has 1 aliphatic carbocycles. The number of aromatic hydroxyl groups is 3. The standard InChI is InChI=1S/C54H61FN4O15/c1-23-11-10-12-24(2)52(68)57-42-41(56-19-30-20-58(21-30)36-18-35-32(17-34(36)55)46(64)33(53(69)70)22-59(35)31-13-14-31)47(65)38-39(48(42)66)45(63)28(6)50-40(38)51(67)54(8,74-50)72-16-15-37(71-9)25(3)49(73-29(7)60)27(5)44(62)26(4)43(23)61/h10-12,15-19,22-23,25-27,31,37,43-44,49,56,61-63,65-66H,13-14,20-21H2,1-9H3,(H,57,68)(H,69,70)/t23-,25+,26+,27+,37-,43-,44+,49+,54-/m0/s1. The third-order valence-electron chi connectivity index (χ3n) is 14.8. The minimum atomic E-state index is -2.14. The number of aliphatic hydroxyl groups excluding tert-OH is 2. The number of nitrogens with zero attached hydrogens (tertiary/aromatic N) is 2. The van der Waals surface area contributed by atoms with Gasteiger partial charge in [0.2, 0.25) is 5.43 Å². The molecule has 20 heteroatoms. The van der Waals surface area contributed by atoms with E-state index in [1.165, 1.54) is 71.5 Å². The summed E-state index contributed by atoms with van der Waals surface area (Å²) in [7, 11) is 1.41. The molecule has 5 heterocycles. The maximum Gasteiger partial charge on any atom is 0.341 e. The van der Waals surface area contributed by atoms with Crippen LogP contribution >= 0.6 is 0 Å². The van der Waals surface area contributed by atoms with Crippen LogP contribution in [0.1, 0.15) is 93.6 Å². The van der Waals surface area contributed by atoms with E-state index in [4.69, 9.17) is 18.9 Å². The number of hydrogen-bond donors (Lipinski definition) is 8. The van der Waals surface area contributed by atoms with Gasteiger partial charge in [-0.2, -0.15) is 0 Å². The number of carboxylic acids is 1. The van der Waals surface area contributed by atoms with E-state index in [2.05, 4.69) is 10.6 Å². The Morgan fingerprint density at radius 2 is 1.64 bits per heavy atom. The Balaban J connectivity index is 1.20. The first-order valence-electron chi connectivity index (χ1n) is 24.3. The molecule has 3 aromatic carbocycles. The van der Waals surface area contributed by atoms with Gasteiger partial charge in [-0.25, -0.2) is 9.18 Å². The zero-order valence-corrected chi connectivity index (χ0v) is 42.4. The number of nitrogens with one attached hydrogen (secondary N) is 2. The molecule has 4 aliphatic heterocycles. The summed E-state index contributed by atoms with van der Waals surface area (Å²) in [4.78, 5) is 67.7. The quantitative estimate of drug-likeness (QED) is 0.0523. The number of aromatic carboxylic acids is 1. The number of carboxylic acid groups (broad SMARTS) is 1. The highest BCUT2D eigenvalue weighted by Gasteiger charge is 2.50. The number of anilines is 3. The van der Waals surface area contributed by atoms with Crippen LogP contribution in [0.25, 0.3) is 21.7 Å². The summed E-state index contributed by atoms with van der Waals surface area (Å²) in [5.41, 5.74) is -1.00. The van der Waals surface area contributed by atoms with Crippen molar-refractivity contribution in [1.29, 1.82) is 0 Å². The molecule has 4 aromatic rings. The molecular formula is C54H61FN4O15. The number of allylic oxidation sites excluding steroid dienone is 2. The number of ketones is 1. The number of esters is 1. The molecule has 1 amide bonds. The van der Waals surface area contributed by atoms with E-state index in [1.54, 1.807) is 43.2 Å². The molecule has 0 radical (unpaired) electrons. The minimum Gasteiger partial charge on any atom is -0.507 e. The summed E-state index contributed by atoms with van der Waals surface area (Å²) >= 11 is 0. The molecule has 5 aliphatic rings. The average Bonchev–Trinajstić information content (AvgIpc) is 4.15. The maximum atomic E-state index is 15.8. The predicted molar refractivity (Wildman–Crippen MR) is 271 cm³/mol. The predicted octanol–water partition coefficient (Wildman–Crippen LogP) is 7.06. The summed E-state index contributed by atoms with van der Waals surface area (Å²) in [6.07, 6.45) is 7.40. The average molecular weight is 1030 g/mol. The summed E-state index contributed by atoms with van der Waals surface area (Å²) in [6, 6.07) is 2.50. The van der Waals surface area contributed by atoms with Crippen molar-refractivity contribution in [3.05, 3.63) is 99.0 Å². The number of amides is 1. The number of aromatic nitrogens is 1. The molecule has 1 aromatic heterocycles. The van der Waals surface area contributed by atoms with Crippen LogP contribution in [0.15, 0.2) is 71.0 Å². The smallest absolute Gasteiger partial charge is 0.341 e. The van der Waals surface area contributed by atoms with Crippen molar-refractivity contribution in [3.63, 3.8) is 0 Å². The number of phenols is 3. The highest BCUT2D eigenvalue weighted by molar-refractivity contribution is 6.23. The number of carbonyl (C=O) groups excluding carboxylic acids is 3. The number of Topliss-reactive ketones (excluding diaryl/α,β-unsaturated/α-hetero) is 1. The van der Waals surface area contributed by atoms with Crippen LogP contribution in [0.4, 0.5) is 21.5 Å². The lowest BCUT2D eigenvalue weighted by Gasteiger charge is -2.38. The molecule has 19 nitrogen and oxygen atoms in total. The Labute approximate surface area is 424 Å². The Hall–Kier alpha value is -7.42. The van der Waals surface area contributed by atoms with Gasteiger partial charge in [-0.3, -0.25) is 19.2 Å². The Kier molecular flexibility index (Phi) is 14.4. The van der Waals surface area contributed by atoms with Crippen molar-refractivity contribution >= 4 is 62.4 Å². The van der Waals surface area contributed by atoms with Gasteiger partial charge in [-0.15, -0.1) is 0 Å². The van der Waals surface area contributed by atoms with Crippen LogP contribution in [-0.4, -0.2) is 109 Å². The first-order chi connectivity index (χ1) is 34.9. The second-order valence-electron chi connectivity index (χ2n) is 20.0.